The number of nitrogens with two attached hydrogens (primary N) is 1. The average molecular weight is 348 g/mol. The van der Waals surface area contributed by atoms with Crippen LogP contribution in [0.1, 0.15) is 37.0 Å². The van der Waals surface area contributed by atoms with Gasteiger partial charge in [-0.05, 0) is 50.0 Å². The fourth-order valence-corrected chi connectivity index (χ4v) is 5.20. The minimum absolute atomic E-state index is 0.0295. The van der Waals surface area contributed by atoms with Crippen molar-refractivity contribution in [2.24, 2.45) is 29.4 Å². The van der Waals surface area contributed by atoms with Gasteiger partial charge in [0.1, 0.15) is 5.00 Å². The first-order valence-electron chi connectivity index (χ1n) is 7.91. The van der Waals surface area contributed by atoms with Crippen molar-refractivity contribution in [3.63, 3.8) is 0 Å². The van der Waals surface area contributed by atoms with Crippen molar-refractivity contribution < 1.29 is 19.5 Å². The predicted molar refractivity (Wildman–Crippen MR) is 90.7 cm³/mol. The fourth-order valence-electron chi connectivity index (χ4n) is 4.40. The number of rotatable bonds is 4. The highest BCUT2D eigenvalue weighted by atomic mass is 32.1. The molecule has 2 aliphatic rings. The maximum absolute atomic E-state index is 12.8. The highest BCUT2D eigenvalue weighted by molar-refractivity contribution is 7.14. The summed E-state index contributed by atoms with van der Waals surface area (Å²) in [6, 6.07) is 1.56. The lowest BCUT2D eigenvalue weighted by Crippen LogP contribution is -2.38. The van der Waals surface area contributed by atoms with E-state index in [1.54, 1.807) is 11.4 Å². The summed E-state index contributed by atoms with van der Waals surface area (Å²) in [7, 11) is 0. The van der Waals surface area contributed by atoms with Gasteiger partial charge in [0.2, 0.25) is 5.91 Å². The Kier molecular flexibility index (Phi) is 4.21. The predicted octanol–water partition coefficient (Wildman–Crippen LogP) is 2.48. The molecular weight excluding hydrogens is 328 g/mol. The molecule has 1 heterocycles. The van der Waals surface area contributed by atoms with Crippen LogP contribution in [0.3, 0.4) is 0 Å². The quantitative estimate of drug-likeness (QED) is 0.726. The molecule has 0 unspecified atom stereocenters. The molecule has 2 fully saturated rings. The van der Waals surface area contributed by atoms with Gasteiger partial charge >= 0.3 is 5.97 Å². The summed E-state index contributed by atoms with van der Waals surface area (Å²) in [6.45, 7) is 3.95. The van der Waals surface area contributed by atoms with E-state index in [0.717, 1.165) is 24.0 Å². The molecular formula is C17H20N2O4S. The summed E-state index contributed by atoms with van der Waals surface area (Å²) >= 11 is 1.21. The lowest BCUT2D eigenvalue weighted by molar-refractivity contribution is -0.148. The molecule has 2 saturated carbocycles. The van der Waals surface area contributed by atoms with Gasteiger partial charge in [0.25, 0.3) is 5.91 Å². The third-order valence-corrected chi connectivity index (χ3v) is 6.00. The number of fused-ring (bicyclic) bond motifs is 2. The SMILES string of the molecule is CC(C)=C1[C@H]2CC[C@H]1[C@@H](C(=O)Nc1sccc1C(N)=O)[C@@H]2C(=O)O. The Morgan fingerprint density at radius 1 is 1.21 bits per heavy atom. The van der Waals surface area contributed by atoms with E-state index in [1.165, 1.54) is 11.3 Å². The molecule has 2 amide bonds. The number of carboxylic acids is 1. The van der Waals surface area contributed by atoms with Gasteiger partial charge in [0.15, 0.2) is 0 Å². The van der Waals surface area contributed by atoms with Crippen molar-refractivity contribution in [3.8, 4) is 0 Å². The van der Waals surface area contributed by atoms with E-state index in [-0.39, 0.29) is 23.3 Å². The van der Waals surface area contributed by atoms with Gasteiger partial charge in [-0.15, -0.1) is 11.3 Å². The number of amides is 2. The Labute approximate surface area is 143 Å². The van der Waals surface area contributed by atoms with E-state index >= 15 is 0 Å². The van der Waals surface area contributed by atoms with Crippen LogP contribution in [0.2, 0.25) is 0 Å². The monoisotopic (exact) mass is 348 g/mol. The molecule has 3 rings (SSSR count). The zero-order chi connectivity index (χ0) is 17.6. The maximum atomic E-state index is 12.8. The molecule has 128 valence electrons. The minimum atomic E-state index is -0.928. The molecule has 0 spiro atoms. The molecule has 4 atom stereocenters. The molecule has 2 aliphatic carbocycles. The van der Waals surface area contributed by atoms with Gasteiger partial charge in [-0.2, -0.15) is 0 Å². The maximum Gasteiger partial charge on any atom is 0.307 e. The molecule has 24 heavy (non-hydrogen) atoms. The summed E-state index contributed by atoms with van der Waals surface area (Å²) in [6.07, 6.45) is 1.65. The van der Waals surface area contributed by atoms with Gasteiger partial charge < -0.3 is 16.2 Å². The molecule has 0 aliphatic heterocycles. The van der Waals surface area contributed by atoms with Crippen LogP contribution in [0.4, 0.5) is 5.00 Å². The van der Waals surface area contributed by atoms with Crippen LogP contribution in [-0.4, -0.2) is 22.9 Å². The number of thiophene rings is 1. The van der Waals surface area contributed by atoms with Gasteiger partial charge in [-0.25, -0.2) is 0 Å². The number of hydrogen-bond donors (Lipinski definition) is 3. The molecule has 4 N–H and O–H groups in total. The van der Waals surface area contributed by atoms with Gasteiger partial charge in [0.05, 0.1) is 17.4 Å². The smallest absolute Gasteiger partial charge is 0.307 e. The van der Waals surface area contributed by atoms with Crippen molar-refractivity contribution >= 4 is 34.1 Å². The fraction of sp³-hybridized carbons (Fsp3) is 0.471. The Morgan fingerprint density at radius 2 is 1.83 bits per heavy atom. The zero-order valence-electron chi connectivity index (χ0n) is 13.5. The Balaban J connectivity index is 1.91. The van der Waals surface area contributed by atoms with E-state index in [1.807, 2.05) is 13.8 Å². The number of aliphatic carboxylic acids is 1. The first-order chi connectivity index (χ1) is 11.3. The van der Waals surface area contributed by atoms with Crippen LogP contribution in [0.5, 0.6) is 0 Å². The highest BCUT2D eigenvalue weighted by Crippen LogP contribution is 2.57. The first-order valence-corrected chi connectivity index (χ1v) is 8.79. The number of primary amides is 1. The summed E-state index contributed by atoms with van der Waals surface area (Å²) in [5, 5.41) is 14.4. The molecule has 7 heteroatoms. The topological polar surface area (TPSA) is 109 Å². The largest absolute Gasteiger partial charge is 0.481 e. The Morgan fingerprint density at radius 3 is 2.38 bits per heavy atom. The summed E-state index contributed by atoms with van der Waals surface area (Å²) in [4.78, 5) is 36.0. The van der Waals surface area contributed by atoms with Crippen LogP contribution in [0.25, 0.3) is 0 Å². The number of carboxylic acid groups (broad SMARTS) is 1. The molecule has 0 saturated heterocycles. The number of nitrogens with one attached hydrogen (secondary N) is 1. The van der Waals surface area contributed by atoms with Crippen molar-refractivity contribution in [3.05, 3.63) is 28.2 Å². The first kappa shape index (κ1) is 16.7. The number of allylic oxidation sites excluding steroid dienone is 2. The third-order valence-electron chi connectivity index (χ3n) is 5.17. The Hall–Kier alpha value is -2.15. The number of carbonyl (C=O) groups is 3. The van der Waals surface area contributed by atoms with E-state index in [9.17, 15) is 19.5 Å². The van der Waals surface area contributed by atoms with Gasteiger partial charge in [-0.3, -0.25) is 14.4 Å². The van der Waals surface area contributed by atoms with Gasteiger partial charge in [-0.1, -0.05) is 11.1 Å². The second-order valence-electron chi connectivity index (χ2n) is 6.65. The molecule has 0 radical (unpaired) electrons. The van der Waals surface area contributed by atoms with E-state index in [4.69, 9.17) is 5.73 Å². The molecule has 1 aromatic rings. The summed E-state index contributed by atoms with van der Waals surface area (Å²) in [5.74, 6) is -3.27. The molecule has 6 nitrogen and oxygen atoms in total. The molecule has 1 aromatic heterocycles. The molecule has 0 aromatic carbocycles. The standard InChI is InChI=1S/C17H20N2O4S/c1-7(2)11-8-3-4-9(11)13(17(22)23)12(8)15(21)19-16-10(14(18)20)5-6-24-16/h5-6,8-9,12-13H,3-4H2,1-2H3,(H2,18,20)(H,19,21)(H,22,23)/t8-,9-,12-,13-/m1/s1. The number of hydrogen-bond acceptors (Lipinski definition) is 4. The van der Waals surface area contributed by atoms with Crippen LogP contribution in [0.15, 0.2) is 22.6 Å². The summed E-state index contributed by atoms with van der Waals surface area (Å²) < 4.78 is 0. The minimum Gasteiger partial charge on any atom is -0.481 e. The van der Waals surface area contributed by atoms with Crippen LogP contribution < -0.4 is 11.1 Å². The lowest BCUT2D eigenvalue weighted by atomic mass is 9.79. The molecule has 2 bridgehead atoms. The van der Waals surface area contributed by atoms with E-state index in [2.05, 4.69) is 5.32 Å². The average Bonchev–Trinajstić information content (AvgIpc) is 3.18. The second kappa shape index (κ2) is 6.05. The Bertz CT molecular complexity index is 748. The van der Waals surface area contributed by atoms with Crippen molar-refractivity contribution in [2.75, 3.05) is 5.32 Å². The van der Waals surface area contributed by atoms with Crippen molar-refractivity contribution in [1.82, 2.24) is 0 Å². The second-order valence-corrected chi connectivity index (χ2v) is 7.57. The van der Waals surface area contributed by atoms with Crippen LogP contribution in [-0.2, 0) is 9.59 Å². The van der Waals surface area contributed by atoms with Crippen LogP contribution >= 0.6 is 11.3 Å². The van der Waals surface area contributed by atoms with E-state index in [0.29, 0.717) is 5.00 Å². The van der Waals surface area contributed by atoms with Crippen molar-refractivity contribution in [1.29, 1.82) is 0 Å². The number of carbonyl (C=O) groups excluding carboxylic acids is 2. The zero-order valence-corrected chi connectivity index (χ0v) is 14.4. The lowest BCUT2D eigenvalue weighted by Gasteiger charge is -2.26. The normalized spacial score (nSPS) is 28.0. The summed E-state index contributed by atoms with van der Waals surface area (Å²) in [5.41, 5.74) is 7.79. The highest BCUT2D eigenvalue weighted by Gasteiger charge is 2.57. The van der Waals surface area contributed by atoms with Crippen molar-refractivity contribution in [2.45, 2.75) is 26.7 Å². The number of anilines is 1. The van der Waals surface area contributed by atoms with E-state index < -0.39 is 23.7 Å². The van der Waals surface area contributed by atoms with Crippen LogP contribution in [0, 0.1) is 23.7 Å². The third kappa shape index (κ3) is 2.53. The van der Waals surface area contributed by atoms with Gasteiger partial charge in [0, 0.05) is 0 Å².